The van der Waals surface area contributed by atoms with Gasteiger partial charge in [-0.15, -0.1) is 0 Å². The number of carboxylic acids is 2. The van der Waals surface area contributed by atoms with Gasteiger partial charge in [0.1, 0.15) is 17.6 Å². The summed E-state index contributed by atoms with van der Waals surface area (Å²) in [6.45, 7) is 6.27. The number of amides is 4. The van der Waals surface area contributed by atoms with Crippen LogP contribution in [0.25, 0.3) is 11.3 Å². The maximum atomic E-state index is 13.5. The molecule has 1 heterocycles. The van der Waals surface area contributed by atoms with Gasteiger partial charge < -0.3 is 40.2 Å². The minimum absolute atomic E-state index is 0.0265. The third-order valence-corrected chi connectivity index (χ3v) is 8.87. The van der Waals surface area contributed by atoms with E-state index < -0.39 is 71.8 Å². The quantitative estimate of drug-likeness (QED) is 0.0375. The monoisotopic (exact) mass is 818 g/mol. The first kappa shape index (κ1) is 46.0. The molecule has 0 saturated carbocycles. The van der Waals surface area contributed by atoms with Gasteiger partial charge in [-0.05, 0) is 74.7 Å². The SMILES string of the molecule is CCCCCC(C(=O)NCNC(=O)c1ccc(-c2ccc(C(=O)NC(CC(=O)O)C(=O)O)c(OCC)c2)o1)C(CC)N(C=O)OC(=O)c1ccc(C(F)(F)F)cc1C. The molecule has 0 fully saturated rings. The fraction of sp³-hybridized carbons (Fsp3) is 0.410. The van der Waals surface area contributed by atoms with Crippen molar-refractivity contribution >= 4 is 42.0 Å². The van der Waals surface area contributed by atoms with E-state index in [0.717, 1.165) is 31.0 Å². The normalized spacial score (nSPS) is 12.7. The molecule has 0 aliphatic rings. The molecule has 0 aliphatic carbocycles. The molecule has 3 atom stereocenters. The average Bonchev–Trinajstić information content (AvgIpc) is 3.67. The van der Waals surface area contributed by atoms with Crippen molar-refractivity contribution in [1.82, 2.24) is 21.0 Å². The summed E-state index contributed by atoms with van der Waals surface area (Å²) < 4.78 is 50.7. The van der Waals surface area contributed by atoms with Crippen LogP contribution >= 0.6 is 0 Å². The number of unbranched alkanes of at least 4 members (excludes halogenated alkanes) is 2. The van der Waals surface area contributed by atoms with E-state index in [4.69, 9.17) is 19.1 Å². The largest absolute Gasteiger partial charge is 0.493 e. The Morgan fingerprint density at radius 2 is 1.62 bits per heavy atom. The zero-order valence-electron chi connectivity index (χ0n) is 32.1. The van der Waals surface area contributed by atoms with Crippen LogP contribution in [0.5, 0.6) is 5.75 Å². The first-order valence-electron chi connectivity index (χ1n) is 18.3. The molecule has 3 aromatic rings. The number of carbonyl (C=O) groups excluding carboxylic acids is 5. The number of aliphatic carboxylic acids is 2. The van der Waals surface area contributed by atoms with Crippen LogP contribution in [0.1, 0.15) is 102 Å². The van der Waals surface area contributed by atoms with Crippen LogP contribution in [0.15, 0.2) is 52.9 Å². The number of halogens is 3. The molecule has 0 aliphatic heterocycles. The highest BCUT2D eigenvalue weighted by Crippen LogP contribution is 2.32. The average molecular weight is 819 g/mol. The minimum atomic E-state index is -4.63. The number of ether oxygens (including phenoxy) is 1. The second-order valence-electron chi connectivity index (χ2n) is 12.9. The molecule has 2 aromatic carbocycles. The van der Waals surface area contributed by atoms with E-state index in [1.54, 1.807) is 13.8 Å². The first-order chi connectivity index (χ1) is 27.4. The van der Waals surface area contributed by atoms with Gasteiger partial charge in [-0.25, -0.2) is 9.59 Å². The van der Waals surface area contributed by atoms with Gasteiger partial charge in [0.05, 0.1) is 48.3 Å². The first-order valence-corrected chi connectivity index (χ1v) is 18.3. The lowest BCUT2D eigenvalue weighted by Gasteiger charge is -2.32. The van der Waals surface area contributed by atoms with Crippen LogP contribution in [-0.4, -0.2) is 82.7 Å². The van der Waals surface area contributed by atoms with E-state index >= 15 is 0 Å². The number of hydrogen-bond donors (Lipinski definition) is 5. The van der Waals surface area contributed by atoms with Crippen molar-refractivity contribution in [1.29, 1.82) is 0 Å². The summed E-state index contributed by atoms with van der Waals surface area (Å²) in [5.41, 5.74) is -0.914. The van der Waals surface area contributed by atoms with Gasteiger partial charge in [0.15, 0.2) is 5.76 Å². The summed E-state index contributed by atoms with van der Waals surface area (Å²) in [7, 11) is 0. The molecule has 0 spiro atoms. The number of alkyl halides is 3. The molecule has 0 bridgehead atoms. The van der Waals surface area contributed by atoms with Crippen LogP contribution in [0.2, 0.25) is 0 Å². The Hall–Kier alpha value is -6.40. The van der Waals surface area contributed by atoms with Crippen LogP contribution in [0, 0.1) is 12.8 Å². The molecule has 3 unspecified atom stereocenters. The fourth-order valence-electron chi connectivity index (χ4n) is 5.93. The van der Waals surface area contributed by atoms with Crippen molar-refractivity contribution in [2.75, 3.05) is 13.3 Å². The van der Waals surface area contributed by atoms with Crippen LogP contribution in [0.3, 0.4) is 0 Å². The highest BCUT2D eigenvalue weighted by molar-refractivity contribution is 6.00. The molecular formula is C39H45F3N4O12. The smallest absolute Gasteiger partial charge is 0.416 e. The van der Waals surface area contributed by atoms with E-state index in [9.17, 15) is 51.8 Å². The van der Waals surface area contributed by atoms with Gasteiger partial charge in [-0.3, -0.25) is 24.0 Å². The number of furan rings is 1. The summed E-state index contributed by atoms with van der Waals surface area (Å²) in [4.78, 5) is 92.4. The molecule has 5 N–H and O–H groups in total. The topological polar surface area (TPSA) is 231 Å². The molecular weight excluding hydrogens is 773 g/mol. The molecule has 58 heavy (non-hydrogen) atoms. The van der Waals surface area contributed by atoms with E-state index in [1.165, 1.54) is 37.3 Å². The Balaban J connectivity index is 1.71. The van der Waals surface area contributed by atoms with E-state index in [0.29, 0.717) is 17.0 Å². The minimum Gasteiger partial charge on any atom is -0.493 e. The zero-order valence-corrected chi connectivity index (χ0v) is 32.1. The molecule has 19 heteroatoms. The Labute approximate surface area is 331 Å². The number of aryl methyl sites for hydroxylation is 1. The standard InChI is InChI=1S/C39H45F3N4O12/c1-5-8-9-10-26(29(6-2)46(21-47)58-38(55)25-14-12-24(17-22(25)4)39(40,41)42)34(50)43-20-44-36(52)31-16-15-30(57-31)23-11-13-27(32(18-23)56-7-3)35(51)45-28(37(53)54)19-33(48)49/h11-18,21,26,28-29H,5-10,19-20H2,1-4H3,(H,43,50)(H,44,52)(H,45,51)(H,48,49)(H,53,54). The second kappa shape index (κ2) is 21.2. The van der Waals surface area contributed by atoms with Crippen LogP contribution < -0.4 is 20.7 Å². The fourth-order valence-corrected chi connectivity index (χ4v) is 5.93. The third-order valence-electron chi connectivity index (χ3n) is 8.87. The number of nitrogens with one attached hydrogen (secondary N) is 3. The lowest BCUT2D eigenvalue weighted by molar-refractivity contribution is -0.171. The van der Waals surface area contributed by atoms with Gasteiger partial charge in [-0.1, -0.05) is 39.2 Å². The summed E-state index contributed by atoms with van der Waals surface area (Å²) in [6, 6.07) is 6.77. The number of carbonyl (C=O) groups is 7. The van der Waals surface area contributed by atoms with Crippen molar-refractivity contribution in [3.05, 3.63) is 76.5 Å². The lowest BCUT2D eigenvalue weighted by atomic mass is 9.90. The van der Waals surface area contributed by atoms with Gasteiger partial charge in [-0.2, -0.15) is 18.2 Å². The summed E-state index contributed by atoms with van der Waals surface area (Å²) in [5.74, 6) is -7.14. The number of benzene rings is 2. The summed E-state index contributed by atoms with van der Waals surface area (Å²) in [6.07, 6.45) is -2.74. The highest BCUT2D eigenvalue weighted by Gasteiger charge is 2.35. The van der Waals surface area contributed by atoms with Crippen LogP contribution in [0.4, 0.5) is 13.2 Å². The molecule has 1 aromatic heterocycles. The van der Waals surface area contributed by atoms with Crippen molar-refractivity contribution < 1.29 is 70.9 Å². The Morgan fingerprint density at radius 1 is 0.914 bits per heavy atom. The third kappa shape index (κ3) is 12.6. The van der Waals surface area contributed by atoms with Crippen molar-refractivity contribution in [2.45, 2.75) is 84.5 Å². The maximum absolute atomic E-state index is 13.5. The number of carboxylic acid groups (broad SMARTS) is 2. The van der Waals surface area contributed by atoms with E-state index in [2.05, 4.69) is 16.0 Å². The van der Waals surface area contributed by atoms with Gasteiger partial charge >= 0.3 is 24.1 Å². The number of hydroxylamine groups is 2. The van der Waals surface area contributed by atoms with E-state index in [1.807, 2.05) is 6.92 Å². The van der Waals surface area contributed by atoms with Crippen LogP contribution in [-0.2, 0) is 30.2 Å². The summed E-state index contributed by atoms with van der Waals surface area (Å²) in [5, 5.41) is 26.2. The zero-order chi connectivity index (χ0) is 43.2. The molecule has 314 valence electrons. The summed E-state index contributed by atoms with van der Waals surface area (Å²) >= 11 is 0. The van der Waals surface area contributed by atoms with Gasteiger partial charge in [0.25, 0.3) is 11.8 Å². The Morgan fingerprint density at radius 3 is 2.21 bits per heavy atom. The van der Waals surface area contributed by atoms with E-state index in [-0.39, 0.29) is 66.5 Å². The highest BCUT2D eigenvalue weighted by atomic mass is 19.4. The Kier molecular flexibility index (Phi) is 16.8. The molecule has 0 radical (unpaired) electrons. The van der Waals surface area contributed by atoms with Gasteiger partial charge in [0, 0.05) is 5.56 Å². The predicted octanol–water partition coefficient (Wildman–Crippen LogP) is 5.34. The molecule has 3 rings (SSSR count). The number of rotatable bonds is 22. The second-order valence-corrected chi connectivity index (χ2v) is 12.9. The number of hydrogen-bond acceptors (Lipinski definition) is 10. The molecule has 16 nitrogen and oxygen atoms in total. The van der Waals surface area contributed by atoms with Crippen molar-refractivity contribution in [2.24, 2.45) is 5.92 Å². The molecule has 0 saturated heterocycles. The maximum Gasteiger partial charge on any atom is 0.416 e. The Bertz CT molecular complexity index is 1970. The van der Waals surface area contributed by atoms with Crippen molar-refractivity contribution in [3.63, 3.8) is 0 Å². The molecule has 4 amide bonds. The van der Waals surface area contributed by atoms with Gasteiger partial charge in [0.2, 0.25) is 12.3 Å². The number of nitrogens with zero attached hydrogens (tertiary/aromatic N) is 1. The predicted molar refractivity (Wildman–Crippen MR) is 198 cm³/mol. The lowest BCUT2D eigenvalue weighted by Crippen LogP contribution is -2.49. The van der Waals surface area contributed by atoms with Crippen molar-refractivity contribution in [3.8, 4) is 17.1 Å².